The van der Waals surface area contributed by atoms with Crippen LogP contribution in [0.1, 0.15) is 55.6 Å². The van der Waals surface area contributed by atoms with Crippen LogP contribution in [0.2, 0.25) is 0 Å². The molecule has 0 radical (unpaired) electrons. The quantitative estimate of drug-likeness (QED) is 0.740. The van der Waals surface area contributed by atoms with Crippen LogP contribution in [0, 0.1) is 11.8 Å². The van der Waals surface area contributed by atoms with Gasteiger partial charge in [-0.05, 0) is 72.6 Å². The molecule has 31 heavy (non-hydrogen) atoms. The number of rotatable bonds is 5. The maximum Gasteiger partial charge on any atom is 0.411 e. The number of benzene rings is 2. The van der Waals surface area contributed by atoms with E-state index in [0.717, 1.165) is 32.1 Å². The van der Waals surface area contributed by atoms with E-state index in [1.165, 1.54) is 22.3 Å². The zero-order valence-electron chi connectivity index (χ0n) is 17.5. The van der Waals surface area contributed by atoms with Crippen LogP contribution >= 0.6 is 0 Å². The Bertz CT molecular complexity index is 1020. The number of hydrogen-bond donors (Lipinski definition) is 1. The van der Waals surface area contributed by atoms with Gasteiger partial charge < -0.3 is 9.84 Å². The van der Waals surface area contributed by atoms with Crippen LogP contribution < -0.4 is 0 Å². The second-order valence-corrected chi connectivity index (χ2v) is 9.71. The fourth-order valence-corrected chi connectivity index (χ4v) is 6.59. The number of nitrogens with zero attached hydrogens (tertiary/aromatic N) is 1. The van der Waals surface area contributed by atoms with Crippen LogP contribution in [0.15, 0.2) is 48.5 Å². The lowest BCUT2D eigenvalue weighted by Crippen LogP contribution is -2.61. The first-order chi connectivity index (χ1) is 15.1. The molecule has 1 N–H and O–H groups in total. The van der Waals surface area contributed by atoms with Gasteiger partial charge in [-0.1, -0.05) is 48.5 Å². The van der Waals surface area contributed by atoms with E-state index in [9.17, 15) is 14.7 Å². The predicted molar refractivity (Wildman–Crippen MR) is 116 cm³/mol. The van der Waals surface area contributed by atoms with Gasteiger partial charge in [0.15, 0.2) is 0 Å². The van der Waals surface area contributed by atoms with Gasteiger partial charge in [-0.25, -0.2) is 9.59 Å². The maximum absolute atomic E-state index is 13.4. The highest BCUT2D eigenvalue weighted by atomic mass is 16.6. The molecule has 3 saturated carbocycles. The molecule has 3 fully saturated rings. The van der Waals surface area contributed by atoms with Gasteiger partial charge in [0, 0.05) is 12.0 Å². The summed E-state index contributed by atoms with van der Waals surface area (Å²) in [6, 6.07) is 16.5. The molecule has 3 atom stereocenters. The lowest BCUT2D eigenvalue weighted by molar-refractivity contribution is -0.155. The zero-order valence-corrected chi connectivity index (χ0v) is 17.5. The first-order valence-electron chi connectivity index (χ1n) is 11.5. The standard InChI is InChI=1S/C26H27NO4/c28-24(29)26(14-16-9-10-17(26)13-16)27(18-11-12-18)25(30)31-15-23-21-7-3-1-5-19(21)20-6-2-4-8-22(20)23/h1-8,16-18,23H,9-15H2,(H,28,29). The summed E-state index contributed by atoms with van der Waals surface area (Å²) >= 11 is 0. The van der Waals surface area contributed by atoms with Crippen molar-refractivity contribution >= 4 is 12.1 Å². The van der Waals surface area contributed by atoms with E-state index in [0.29, 0.717) is 12.3 Å². The summed E-state index contributed by atoms with van der Waals surface area (Å²) in [5.74, 6) is -0.391. The van der Waals surface area contributed by atoms with Crippen molar-refractivity contribution in [2.75, 3.05) is 6.61 Å². The van der Waals surface area contributed by atoms with Gasteiger partial charge in [-0.3, -0.25) is 4.90 Å². The van der Waals surface area contributed by atoms with Gasteiger partial charge in [-0.15, -0.1) is 0 Å². The number of aliphatic carboxylic acids is 1. The Morgan fingerprint density at radius 2 is 1.61 bits per heavy atom. The number of carboxylic acid groups (broad SMARTS) is 1. The molecule has 0 aromatic heterocycles. The highest BCUT2D eigenvalue weighted by molar-refractivity contribution is 5.86. The normalized spacial score (nSPS) is 28.3. The van der Waals surface area contributed by atoms with Gasteiger partial charge in [0.2, 0.25) is 0 Å². The predicted octanol–water partition coefficient (Wildman–Crippen LogP) is 5.04. The van der Waals surface area contributed by atoms with Crippen molar-refractivity contribution in [3.8, 4) is 11.1 Å². The summed E-state index contributed by atoms with van der Waals surface area (Å²) in [6.45, 7) is 0.236. The second-order valence-electron chi connectivity index (χ2n) is 9.71. The summed E-state index contributed by atoms with van der Waals surface area (Å²) in [5, 5.41) is 10.3. The Labute approximate surface area is 182 Å². The molecule has 5 nitrogen and oxygen atoms in total. The second kappa shape index (κ2) is 6.84. The molecule has 0 saturated heterocycles. The Morgan fingerprint density at radius 3 is 2.13 bits per heavy atom. The molecule has 0 spiro atoms. The fraction of sp³-hybridized carbons (Fsp3) is 0.462. The van der Waals surface area contributed by atoms with Crippen molar-refractivity contribution in [1.29, 1.82) is 0 Å². The van der Waals surface area contributed by atoms with Crippen molar-refractivity contribution in [1.82, 2.24) is 4.90 Å². The fourth-order valence-electron chi connectivity index (χ4n) is 6.59. The molecule has 5 heteroatoms. The van der Waals surface area contributed by atoms with E-state index < -0.39 is 17.6 Å². The minimum atomic E-state index is -1.08. The third-order valence-corrected chi connectivity index (χ3v) is 8.06. The van der Waals surface area contributed by atoms with Crippen molar-refractivity contribution in [3.05, 3.63) is 59.7 Å². The topological polar surface area (TPSA) is 66.8 Å². The molecule has 2 bridgehead atoms. The molecule has 2 aromatic rings. The average Bonchev–Trinajstić information content (AvgIpc) is 3.26. The SMILES string of the molecule is O=C(OCC1c2ccccc2-c2ccccc21)N(C1CC1)C1(C(=O)O)CC2CCC1C2. The van der Waals surface area contributed by atoms with E-state index in [2.05, 4.69) is 24.3 Å². The summed E-state index contributed by atoms with van der Waals surface area (Å²) < 4.78 is 5.92. The maximum atomic E-state index is 13.4. The molecule has 160 valence electrons. The molecule has 0 aliphatic heterocycles. The van der Waals surface area contributed by atoms with E-state index in [4.69, 9.17) is 4.74 Å². The van der Waals surface area contributed by atoms with Crippen LogP contribution in [0.3, 0.4) is 0 Å². The minimum Gasteiger partial charge on any atom is -0.479 e. The number of carbonyl (C=O) groups is 2. The molecule has 6 rings (SSSR count). The molecular weight excluding hydrogens is 390 g/mol. The van der Waals surface area contributed by atoms with Crippen molar-refractivity contribution in [3.63, 3.8) is 0 Å². The summed E-state index contributed by atoms with van der Waals surface area (Å²) in [7, 11) is 0. The molecule has 4 aliphatic rings. The Hall–Kier alpha value is -2.82. The van der Waals surface area contributed by atoms with Gasteiger partial charge in [0.05, 0.1) is 0 Å². The van der Waals surface area contributed by atoms with Crippen molar-refractivity contribution in [2.24, 2.45) is 11.8 Å². The number of carbonyl (C=O) groups excluding carboxylic acids is 1. The Kier molecular flexibility index (Phi) is 4.17. The van der Waals surface area contributed by atoms with Crippen LogP contribution in [0.4, 0.5) is 4.79 Å². The molecule has 3 unspecified atom stereocenters. The van der Waals surface area contributed by atoms with E-state index in [1.54, 1.807) is 4.90 Å². The van der Waals surface area contributed by atoms with E-state index >= 15 is 0 Å². The summed E-state index contributed by atoms with van der Waals surface area (Å²) in [6.07, 6.45) is 4.78. The number of amides is 1. The lowest BCUT2D eigenvalue weighted by Gasteiger charge is -2.43. The highest BCUT2D eigenvalue weighted by Gasteiger charge is 2.63. The minimum absolute atomic E-state index is 0.00565. The zero-order chi connectivity index (χ0) is 21.2. The van der Waals surface area contributed by atoms with Crippen LogP contribution in [0.5, 0.6) is 0 Å². The Morgan fingerprint density at radius 1 is 0.968 bits per heavy atom. The van der Waals surface area contributed by atoms with Gasteiger partial charge in [0.25, 0.3) is 0 Å². The Balaban J connectivity index is 1.28. The van der Waals surface area contributed by atoms with Crippen LogP contribution in [-0.4, -0.2) is 40.3 Å². The smallest absolute Gasteiger partial charge is 0.411 e. The third kappa shape index (κ3) is 2.75. The van der Waals surface area contributed by atoms with Crippen molar-refractivity contribution in [2.45, 2.75) is 56.0 Å². The monoisotopic (exact) mass is 417 g/mol. The number of hydrogen-bond acceptors (Lipinski definition) is 3. The van der Waals surface area contributed by atoms with E-state index in [1.807, 2.05) is 24.3 Å². The number of ether oxygens (including phenoxy) is 1. The van der Waals surface area contributed by atoms with Crippen molar-refractivity contribution < 1.29 is 19.4 Å². The van der Waals surface area contributed by atoms with Gasteiger partial charge >= 0.3 is 12.1 Å². The van der Waals surface area contributed by atoms with Gasteiger partial charge in [0.1, 0.15) is 12.1 Å². The first kappa shape index (κ1) is 18.9. The molecule has 0 heterocycles. The highest BCUT2D eigenvalue weighted by Crippen LogP contribution is 2.56. The molecular formula is C26H27NO4. The largest absolute Gasteiger partial charge is 0.479 e. The third-order valence-electron chi connectivity index (χ3n) is 8.06. The van der Waals surface area contributed by atoms with Crippen LogP contribution in [0.25, 0.3) is 11.1 Å². The molecule has 4 aliphatic carbocycles. The molecule has 2 aromatic carbocycles. The first-order valence-corrected chi connectivity index (χ1v) is 11.5. The number of fused-ring (bicyclic) bond motifs is 5. The number of carboxylic acids is 1. The lowest BCUT2D eigenvalue weighted by atomic mass is 9.79. The average molecular weight is 418 g/mol. The van der Waals surface area contributed by atoms with Crippen LogP contribution in [-0.2, 0) is 9.53 Å². The molecule has 1 amide bonds. The summed E-state index contributed by atoms with van der Waals surface area (Å²) in [5.41, 5.74) is 3.64. The summed E-state index contributed by atoms with van der Waals surface area (Å²) in [4.78, 5) is 27.6. The van der Waals surface area contributed by atoms with Gasteiger partial charge in [-0.2, -0.15) is 0 Å². The van der Waals surface area contributed by atoms with E-state index in [-0.39, 0.29) is 24.5 Å².